The largest absolute Gasteiger partial charge is 0.491 e. The predicted octanol–water partition coefficient (Wildman–Crippen LogP) is 3.32. The molecule has 3 nitrogen and oxygen atoms in total. The number of ether oxygens (including phenoxy) is 1. The van der Waals surface area contributed by atoms with Crippen molar-refractivity contribution in [3.63, 3.8) is 0 Å². The molecule has 1 aromatic rings. The van der Waals surface area contributed by atoms with E-state index >= 15 is 0 Å². The lowest BCUT2D eigenvalue weighted by Crippen LogP contribution is -2.34. The minimum absolute atomic E-state index is 0.0531. The van der Waals surface area contributed by atoms with Gasteiger partial charge >= 0.3 is 0 Å². The van der Waals surface area contributed by atoms with Crippen LogP contribution in [0.1, 0.15) is 37.0 Å². The van der Waals surface area contributed by atoms with Crippen LogP contribution in [0.4, 0.5) is 0 Å². The van der Waals surface area contributed by atoms with Crippen LogP contribution in [0.25, 0.3) is 0 Å². The fourth-order valence-corrected chi connectivity index (χ4v) is 2.25. The summed E-state index contributed by atoms with van der Waals surface area (Å²) < 4.78 is 5.62. The van der Waals surface area contributed by atoms with Crippen molar-refractivity contribution in [1.29, 1.82) is 0 Å². The Kier molecular flexibility index (Phi) is 4.70. The first-order valence-electron chi connectivity index (χ1n) is 6.75. The lowest BCUT2D eigenvalue weighted by atomic mass is 10.2. The smallest absolute Gasteiger partial charge is 0.254 e. The van der Waals surface area contributed by atoms with Crippen molar-refractivity contribution in [3.05, 3.63) is 29.8 Å². The molecule has 0 heterocycles. The highest BCUT2D eigenvalue weighted by molar-refractivity contribution is 6.18. The molecule has 1 fully saturated rings. The number of carbonyl (C=O) groups excluding carboxylic acids is 1. The van der Waals surface area contributed by atoms with Gasteiger partial charge in [0, 0.05) is 24.0 Å². The molecular weight excluding hydrogens is 262 g/mol. The topological polar surface area (TPSA) is 29.5 Å². The second-order valence-electron chi connectivity index (χ2n) is 5.11. The van der Waals surface area contributed by atoms with Gasteiger partial charge in [-0.2, -0.15) is 0 Å². The summed E-state index contributed by atoms with van der Waals surface area (Å²) in [6.07, 6.45) is 2.28. The number of carbonyl (C=O) groups is 1. The average molecular weight is 282 g/mol. The Balaban J connectivity index is 2.12. The van der Waals surface area contributed by atoms with E-state index in [4.69, 9.17) is 16.3 Å². The molecule has 0 spiro atoms. The Labute approximate surface area is 119 Å². The molecule has 0 aromatic heterocycles. The van der Waals surface area contributed by atoms with Gasteiger partial charge in [-0.05, 0) is 44.9 Å². The molecule has 0 aliphatic heterocycles. The number of amides is 1. The molecule has 1 aromatic carbocycles. The summed E-state index contributed by atoms with van der Waals surface area (Å²) in [5.41, 5.74) is 0.676. The van der Waals surface area contributed by atoms with Crippen LogP contribution in [-0.2, 0) is 0 Å². The van der Waals surface area contributed by atoms with Gasteiger partial charge in [0.1, 0.15) is 5.75 Å². The third kappa shape index (κ3) is 3.87. The number of halogens is 1. The predicted molar refractivity (Wildman–Crippen MR) is 77.0 cm³/mol. The highest BCUT2D eigenvalue weighted by Gasteiger charge is 2.32. The zero-order valence-corrected chi connectivity index (χ0v) is 12.2. The van der Waals surface area contributed by atoms with Gasteiger partial charge in [0.2, 0.25) is 0 Å². The Bertz CT molecular complexity index is 444. The molecule has 0 unspecified atom stereocenters. The second kappa shape index (κ2) is 6.29. The van der Waals surface area contributed by atoms with Crippen molar-refractivity contribution < 1.29 is 9.53 Å². The van der Waals surface area contributed by atoms with Crippen LogP contribution in [-0.4, -0.2) is 35.4 Å². The molecular formula is C15H20ClNO2. The Morgan fingerprint density at radius 2 is 2.21 bits per heavy atom. The van der Waals surface area contributed by atoms with Crippen molar-refractivity contribution >= 4 is 17.5 Å². The standard InChI is InChI=1S/C15H20ClNO2/c1-11(2)19-14-5-3-4-12(10-14)15(18)17(9-8-16)13-6-7-13/h3-5,10-11,13H,6-9H2,1-2H3. The quantitative estimate of drug-likeness (QED) is 0.749. The van der Waals surface area contributed by atoms with E-state index < -0.39 is 0 Å². The van der Waals surface area contributed by atoms with Gasteiger partial charge in [-0.3, -0.25) is 4.79 Å². The maximum Gasteiger partial charge on any atom is 0.254 e. The van der Waals surface area contributed by atoms with Crippen LogP contribution < -0.4 is 4.74 Å². The Morgan fingerprint density at radius 3 is 2.79 bits per heavy atom. The minimum Gasteiger partial charge on any atom is -0.491 e. The summed E-state index contributed by atoms with van der Waals surface area (Å²) in [5, 5.41) is 0. The highest BCUT2D eigenvalue weighted by Crippen LogP contribution is 2.28. The van der Waals surface area contributed by atoms with Crippen molar-refractivity contribution in [2.24, 2.45) is 0 Å². The summed E-state index contributed by atoms with van der Waals surface area (Å²) in [6.45, 7) is 4.55. The van der Waals surface area contributed by atoms with Crippen LogP contribution in [0.2, 0.25) is 0 Å². The summed E-state index contributed by atoms with van der Waals surface area (Å²) in [6, 6.07) is 7.75. The molecule has 1 saturated carbocycles. The van der Waals surface area contributed by atoms with Crippen molar-refractivity contribution in [2.75, 3.05) is 12.4 Å². The zero-order chi connectivity index (χ0) is 13.8. The SMILES string of the molecule is CC(C)Oc1cccc(C(=O)N(CCCl)C2CC2)c1. The van der Waals surface area contributed by atoms with E-state index in [1.54, 1.807) is 0 Å². The lowest BCUT2D eigenvalue weighted by Gasteiger charge is -2.21. The van der Waals surface area contributed by atoms with Crippen LogP contribution in [0.3, 0.4) is 0 Å². The lowest BCUT2D eigenvalue weighted by molar-refractivity contribution is 0.0753. The van der Waals surface area contributed by atoms with Gasteiger partial charge in [-0.15, -0.1) is 11.6 Å². The van der Waals surface area contributed by atoms with E-state index in [0.29, 0.717) is 24.0 Å². The van der Waals surface area contributed by atoms with Gasteiger partial charge in [0.25, 0.3) is 5.91 Å². The van der Waals surface area contributed by atoms with E-state index in [1.165, 1.54) is 0 Å². The monoisotopic (exact) mass is 281 g/mol. The highest BCUT2D eigenvalue weighted by atomic mass is 35.5. The molecule has 0 N–H and O–H groups in total. The number of nitrogens with zero attached hydrogens (tertiary/aromatic N) is 1. The first kappa shape index (κ1) is 14.2. The van der Waals surface area contributed by atoms with E-state index in [2.05, 4.69) is 0 Å². The Hall–Kier alpha value is -1.22. The molecule has 1 aliphatic carbocycles. The van der Waals surface area contributed by atoms with E-state index in [1.807, 2.05) is 43.0 Å². The van der Waals surface area contributed by atoms with E-state index in [0.717, 1.165) is 18.6 Å². The molecule has 104 valence electrons. The third-order valence-corrected chi connectivity index (χ3v) is 3.20. The number of hydrogen-bond acceptors (Lipinski definition) is 2. The molecule has 0 radical (unpaired) electrons. The second-order valence-corrected chi connectivity index (χ2v) is 5.49. The van der Waals surface area contributed by atoms with Crippen molar-refractivity contribution in [3.8, 4) is 5.75 Å². The van der Waals surface area contributed by atoms with Crippen LogP contribution >= 0.6 is 11.6 Å². The van der Waals surface area contributed by atoms with Crippen LogP contribution in [0.15, 0.2) is 24.3 Å². The number of hydrogen-bond donors (Lipinski definition) is 0. The summed E-state index contributed by atoms with van der Waals surface area (Å²) in [5.74, 6) is 1.27. The fourth-order valence-electron chi connectivity index (χ4n) is 2.07. The van der Waals surface area contributed by atoms with Gasteiger partial charge < -0.3 is 9.64 Å². The fraction of sp³-hybridized carbons (Fsp3) is 0.533. The molecule has 19 heavy (non-hydrogen) atoms. The molecule has 0 bridgehead atoms. The zero-order valence-electron chi connectivity index (χ0n) is 11.4. The van der Waals surface area contributed by atoms with Crippen LogP contribution in [0.5, 0.6) is 5.75 Å². The van der Waals surface area contributed by atoms with Crippen molar-refractivity contribution in [1.82, 2.24) is 4.90 Å². The van der Waals surface area contributed by atoms with Gasteiger partial charge in [0.15, 0.2) is 0 Å². The summed E-state index contributed by atoms with van der Waals surface area (Å²) >= 11 is 5.78. The molecule has 4 heteroatoms. The minimum atomic E-state index is 0.0531. The third-order valence-electron chi connectivity index (χ3n) is 3.03. The maximum atomic E-state index is 12.5. The first-order valence-corrected chi connectivity index (χ1v) is 7.29. The first-order chi connectivity index (χ1) is 9.11. The Morgan fingerprint density at radius 1 is 1.47 bits per heavy atom. The molecule has 0 atom stereocenters. The van der Waals surface area contributed by atoms with E-state index in [9.17, 15) is 4.79 Å². The molecule has 2 rings (SSSR count). The normalized spacial score (nSPS) is 14.5. The number of rotatable bonds is 6. The maximum absolute atomic E-state index is 12.5. The summed E-state index contributed by atoms with van der Waals surface area (Å²) in [7, 11) is 0. The number of alkyl halides is 1. The summed E-state index contributed by atoms with van der Waals surface area (Å²) in [4.78, 5) is 14.3. The van der Waals surface area contributed by atoms with E-state index in [-0.39, 0.29) is 12.0 Å². The number of benzene rings is 1. The molecule has 1 aliphatic rings. The average Bonchev–Trinajstić information content (AvgIpc) is 3.19. The van der Waals surface area contributed by atoms with Gasteiger partial charge in [0.05, 0.1) is 6.10 Å². The van der Waals surface area contributed by atoms with Crippen molar-refractivity contribution in [2.45, 2.75) is 38.8 Å². The molecule has 1 amide bonds. The van der Waals surface area contributed by atoms with Crippen LogP contribution in [0, 0.1) is 0 Å². The van der Waals surface area contributed by atoms with Gasteiger partial charge in [-0.25, -0.2) is 0 Å². The molecule has 0 saturated heterocycles. The van der Waals surface area contributed by atoms with Gasteiger partial charge in [-0.1, -0.05) is 6.07 Å².